The molecule has 1 fully saturated rings. The molecule has 9 nitrogen and oxygen atoms in total. The first-order chi connectivity index (χ1) is 16.4. The first kappa shape index (κ1) is 22.3. The molecule has 4 aromatic rings. The summed E-state index contributed by atoms with van der Waals surface area (Å²) in [5.41, 5.74) is 4.44. The zero-order chi connectivity index (χ0) is 23.8. The van der Waals surface area contributed by atoms with E-state index in [1.165, 1.54) is 0 Å². The first-order valence-electron chi connectivity index (χ1n) is 11.8. The van der Waals surface area contributed by atoms with Crippen LogP contribution in [0.2, 0.25) is 0 Å². The summed E-state index contributed by atoms with van der Waals surface area (Å²) in [4.78, 5) is 13.7. The van der Waals surface area contributed by atoms with Crippen LogP contribution in [0.15, 0.2) is 28.9 Å². The molecule has 0 amide bonds. The summed E-state index contributed by atoms with van der Waals surface area (Å²) < 4.78 is 19.0. The van der Waals surface area contributed by atoms with Crippen LogP contribution in [0.3, 0.4) is 0 Å². The van der Waals surface area contributed by atoms with Gasteiger partial charge >= 0.3 is 0 Å². The zero-order valence-corrected chi connectivity index (χ0v) is 20.3. The van der Waals surface area contributed by atoms with Crippen molar-refractivity contribution in [1.29, 1.82) is 0 Å². The lowest BCUT2D eigenvalue weighted by Crippen LogP contribution is -2.24. The molecule has 9 heteroatoms. The van der Waals surface area contributed by atoms with E-state index in [-0.39, 0.29) is 12.0 Å². The number of nitrogens with zero attached hydrogens (tertiary/aromatic N) is 6. The second-order valence-corrected chi connectivity index (χ2v) is 9.20. The predicted octanol–water partition coefficient (Wildman–Crippen LogP) is 5.03. The smallest absolute Gasteiger partial charge is 0.229 e. The van der Waals surface area contributed by atoms with E-state index in [0.717, 1.165) is 65.6 Å². The third-order valence-corrected chi connectivity index (χ3v) is 6.48. The Balaban J connectivity index is 1.35. The maximum absolute atomic E-state index is 6.43. The summed E-state index contributed by atoms with van der Waals surface area (Å²) in [6.07, 6.45) is 5.63. The van der Waals surface area contributed by atoms with Crippen molar-refractivity contribution in [2.24, 2.45) is 0 Å². The van der Waals surface area contributed by atoms with Gasteiger partial charge in [0, 0.05) is 41.4 Å². The molecule has 0 unspecified atom stereocenters. The van der Waals surface area contributed by atoms with Crippen LogP contribution in [0.1, 0.15) is 74.5 Å². The van der Waals surface area contributed by atoms with Crippen LogP contribution in [0.5, 0.6) is 11.8 Å². The Hall–Kier alpha value is -3.49. The highest BCUT2D eigenvalue weighted by Gasteiger charge is 2.28. The Bertz CT molecular complexity index is 1300. The van der Waals surface area contributed by atoms with Gasteiger partial charge in [-0.3, -0.25) is 0 Å². The van der Waals surface area contributed by atoms with Gasteiger partial charge in [0.2, 0.25) is 17.7 Å². The van der Waals surface area contributed by atoms with E-state index in [2.05, 4.69) is 34.0 Å². The molecule has 0 atom stereocenters. The molecule has 1 aliphatic rings. The summed E-state index contributed by atoms with van der Waals surface area (Å²) in [6, 6.07) is 5.74. The van der Waals surface area contributed by atoms with Crippen molar-refractivity contribution in [2.45, 2.75) is 71.3 Å². The lowest BCUT2D eigenvalue weighted by molar-refractivity contribution is 0.130. The topological polar surface area (TPSA) is 100 Å². The highest BCUT2D eigenvalue weighted by molar-refractivity contribution is 5.81. The van der Waals surface area contributed by atoms with Gasteiger partial charge in [-0.15, -0.1) is 0 Å². The van der Waals surface area contributed by atoms with Crippen LogP contribution in [0, 0.1) is 13.8 Å². The van der Waals surface area contributed by atoms with Gasteiger partial charge < -0.3 is 14.0 Å². The van der Waals surface area contributed by atoms with E-state index >= 15 is 0 Å². The minimum absolute atomic E-state index is 0.103. The molecule has 0 spiro atoms. The number of pyridine rings is 1. The molecule has 0 aliphatic heterocycles. The van der Waals surface area contributed by atoms with Crippen molar-refractivity contribution < 1.29 is 14.0 Å². The molecule has 5 rings (SSSR count). The monoisotopic (exact) mass is 462 g/mol. The molecule has 0 radical (unpaired) electrons. The van der Waals surface area contributed by atoms with Crippen LogP contribution in [0.25, 0.3) is 16.8 Å². The van der Waals surface area contributed by atoms with Gasteiger partial charge in [-0.25, -0.2) is 9.97 Å². The SMILES string of the molecule is COc1ccc(-c2c(C)nn3c(OC4CCC(c5nc(C(C)C)no5)CC4)ccnc23)c(C)n1. The normalized spacial score (nSPS) is 18.5. The van der Waals surface area contributed by atoms with E-state index in [1.807, 2.05) is 32.0 Å². The number of ether oxygens (including phenoxy) is 2. The molecule has 1 saturated carbocycles. The third-order valence-electron chi connectivity index (χ3n) is 6.48. The second kappa shape index (κ2) is 9.04. The van der Waals surface area contributed by atoms with Crippen LogP contribution in [-0.4, -0.2) is 42.9 Å². The highest BCUT2D eigenvalue weighted by Crippen LogP contribution is 2.36. The van der Waals surface area contributed by atoms with Crippen molar-refractivity contribution in [3.63, 3.8) is 0 Å². The number of aryl methyl sites for hydroxylation is 2. The number of hydrogen-bond acceptors (Lipinski definition) is 8. The molecule has 0 N–H and O–H groups in total. The van der Waals surface area contributed by atoms with Gasteiger partial charge in [0.1, 0.15) is 6.10 Å². The maximum Gasteiger partial charge on any atom is 0.229 e. The zero-order valence-electron chi connectivity index (χ0n) is 20.3. The summed E-state index contributed by atoms with van der Waals surface area (Å²) >= 11 is 0. The number of rotatable bonds is 6. The van der Waals surface area contributed by atoms with Crippen LogP contribution in [-0.2, 0) is 0 Å². The fourth-order valence-corrected chi connectivity index (χ4v) is 4.60. The molecule has 178 valence electrons. The molecule has 4 aromatic heterocycles. The quantitative estimate of drug-likeness (QED) is 0.393. The van der Waals surface area contributed by atoms with Gasteiger partial charge in [-0.05, 0) is 45.6 Å². The predicted molar refractivity (Wildman–Crippen MR) is 126 cm³/mol. The fourth-order valence-electron chi connectivity index (χ4n) is 4.60. The van der Waals surface area contributed by atoms with Crippen molar-refractivity contribution >= 4 is 5.65 Å². The number of aromatic nitrogens is 6. The van der Waals surface area contributed by atoms with Crippen molar-refractivity contribution in [3.8, 4) is 22.9 Å². The Labute approximate surface area is 198 Å². The van der Waals surface area contributed by atoms with Crippen molar-refractivity contribution in [2.75, 3.05) is 7.11 Å². The summed E-state index contributed by atoms with van der Waals surface area (Å²) in [5, 5.41) is 8.87. The van der Waals surface area contributed by atoms with E-state index in [0.29, 0.717) is 17.7 Å². The molecule has 34 heavy (non-hydrogen) atoms. The number of fused-ring (bicyclic) bond motifs is 1. The minimum atomic E-state index is 0.103. The van der Waals surface area contributed by atoms with E-state index in [9.17, 15) is 0 Å². The molecule has 0 aromatic carbocycles. The van der Waals surface area contributed by atoms with Crippen LogP contribution < -0.4 is 9.47 Å². The van der Waals surface area contributed by atoms with Crippen molar-refractivity contribution in [3.05, 3.63) is 47.5 Å². The van der Waals surface area contributed by atoms with E-state index in [1.54, 1.807) is 17.8 Å². The van der Waals surface area contributed by atoms with Gasteiger partial charge in [0.15, 0.2) is 11.5 Å². The average Bonchev–Trinajstić information content (AvgIpc) is 3.45. The van der Waals surface area contributed by atoms with Gasteiger partial charge in [0.05, 0.1) is 18.4 Å². The maximum atomic E-state index is 6.43. The van der Waals surface area contributed by atoms with Crippen LogP contribution >= 0.6 is 0 Å². The van der Waals surface area contributed by atoms with Gasteiger partial charge in [-0.2, -0.15) is 14.6 Å². The Morgan fingerprint density at radius 3 is 2.50 bits per heavy atom. The fraction of sp³-hybridized carbons (Fsp3) is 0.480. The average molecular weight is 463 g/mol. The van der Waals surface area contributed by atoms with Crippen LogP contribution in [0.4, 0.5) is 0 Å². The number of hydrogen-bond donors (Lipinski definition) is 0. The number of methoxy groups -OCH3 is 1. The summed E-state index contributed by atoms with van der Waals surface area (Å²) in [7, 11) is 1.62. The molecular weight excluding hydrogens is 432 g/mol. The lowest BCUT2D eigenvalue weighted by Gasteiger charge is -2.27. The molecule has 0 saturated heterocycles. The largest absolute Gasteiger partial charge is 0.481 e. The Kier molecular flexibility index (Phi) is 5.93. The summed E-state index contributed by atoms with van der Waals surface area (Å²) in [6.45, 7) is 8.10. The van der Waals surface area contributed by atoms with E-state index < -0.39 is 0 Å². The molecule has 1 aliphatic carbocycles. The first-order valence-corrected chi connectivity index (χ1v) is 11.8. The van der Waals surface area contributed by atoms with Crippen molar-refractivity contribution in [1.82, 2.24) is 29.7 Å². The van der Waals surface area contributed by atoms with Gasteiger partial charge in [-0.1, -0.05) is 19.0 Å². The Morgan fingerprint density at radius 2 is 1.82 bits per heavy atom. The standard InChI is InChI=1S/C25H30N6O3/c1-14(2)23-28-25(34-30-23)17-6-8-18(9-7-17)33-21-12-13-26-24-22(16(4)29-31(21)24)19-10-11-20(32-5)27-15(19)3/h10-14,17-18H,6-9H2,1-5H3. The molecule has 0 bridgehead atoms. The summed E-state index contributed by atoms with van der Waals surface area (Å²) in [5.74, 6) is 3.38. The Morgan fingerprint density at radius 1 is 1.03 bits per heavy atom. The third kappa shape index (κ3) is 4.10. The molecule has 4 heterocycles. The van der Waals surface area contributed by atoms with E-state index in [4.69, 9.17) is 19.1 Å². The lowest BCUT2D eigenvalue weighted by atomic mass is 9.87. The highest BCUT2D eigenvalue weighted by atomic mass is 16.5. The van der Waals surface area contributed by atoms with Gasteiger partial charge in [0.25, 0.3) is 0 Å². The molecular formula is C25H30N6O3. The minimum Gasteiger partial charge on any atom is -0.481 e. The second-order valence-electron chi connectivity index (χ2n) is 9.20.